The molecule has 1 atom stereocenters. The normalized spacial score (nSPS) is 20.4. The predicted molar refractivity (Wildman–Crippen MR) is 68.5 cm³/mol. The average molecular weight is 257 g/mol. The summed E-state index contributed by atoms with van der Waals surface area (Å²) in [5.74, 6) is 0.216. The van der Waals surface area contributed by atoms with Gasteiger partial charge in [-0.2, -0.15) is 0 Å². The molecule has 104 valence electrons. The van der Waals surface area contributed by atoms with Gasteiger partial charge in [-0.25, -0.2) is 0 Å². The van der Waals surface area contributed by atoms with E-state index in [9.17, 15) is 4.79 Å². The molecule has 18 heavy (non-hydrogen) atoms. The van der Waals surface area contributed by atoms with E-state index in [-0.39, 0.29) is 23.9 Å². The van der Waals surface area contributed by atoms with E-state index < -0.39 is 0 Å². The minimum atomic E-state index is 0.0580. The van der Waals surface area contributed by atoms with Crippen molar-refractivity contribution in [2.75, 3.05) is 13.2 Å². The fourth-order valence-electron chi connectivity index (χ4n) is 2.07. The summed E-state index contributed by atoms with van der Waals surface area (Å²) in [5.41, 5.74) is 5.42. The van der Waals surface area contributed by atoms with Crippen LogP contribution in [0.15, 0.2) is 5.16 Å². The molecule has 0 radical (unpaired) electrons. The fourth-order valence-corrected chi connectivity index (χ4v) is 2.07. The number of ether oxygens (including phenoxy) is 1. The van der Waals surface area contributed by atoms with Crippen molar-refractivity contribution in [2.24, 2.45) is 10.9 Å². The first kappa shape index (κ1) is 14.8. The van der Waals surface area contributed by atoms with Crippen LogP contribution in [-0.2, 0) is 9.53 Å². The van der Waals surface area contributed by atoms with Crippen molar-refractivity contribution in [3.63, 3.8) is 0 Å². The van der Waals surface area contributed by atoms with Gasteiger partial charge >= 0.3 is 0 Å². The van der Waals surface area contributed by atoms with Crippen LogP contribution < -0.4 is 5.73 Å². The Morgan fingerprint density at radius 2 is 2.33 bits per heavy atom. The van der Waals surface area contributed by atoms with Crippen LogP contribution in [0.1, 0.15) is 39.5 Å². The third-order valence-electron chi connectivity index (χ3n) is 3.11. The van der Waals surface area contributed by atoms with Crippen LogP contribution in [0.2, 0.25) is 0 Å². The molecule has 1 heterocycles. The molecule has 0 spiro atoms. The SMILES string of the molecule is CC(C)N(CC/C(N)=N/O)C(=O)CC1CCCO1. The molecule has 0 saturated carbocycles. The van der Waals surface area contributed by atoms with Gasteiger partial charge in [0.25, 0.3) is 0 Å². The van der Waals surface area contributed by atoms with Gasteiger partial charge in [0.15, 0.2) is 0 Å². The second kappa shape index (κ2) is 7.20. The van der Waals surface area contributed by atoms with Gasteiger partial charge in [0.2, 0.25) is 5.91 Å². The lowest BCUT2D eigenvalue weighted by Crippen LogP contribution is -2.40. The van der Waals surface area contributed by atoms with Gasteiger partial charge in [-0.3, -0.25) is 4.79 Å². The summed E-state index contributed by atoms with van der Waals surface area (Å²) in [4.78, 5) is 13.9. The first-order valence-electron chi connectivity index (χ1n) is 6.42. The Kier molecular flexibility index (Phi) is 5.91. The van der Waals surface area contributed by atoms with E-state index in [0.717, 1.165) is 19.4 Å². The highest BCUT2D eigenvalue weighted by Crippen LogP contribution is 2.17. The highest BCUT2D eigenvalue weighted by molar-refractivity contribution is 5.81. The molecule has 1 fully saturated rings. The Morgan fingerprint density at radius 1 is 1.61 bits per heavy atom. The minimum absolute atomic E-state index is 0.0580. The number of hydrogen-bond acceptors (Lipinski definition) is 4. The lowest BCUT2D eigenvalue weighted by atomic mass is 10.1. The van der Waals surface area contributed by atoms with Gasteiger partial charge in [-0.1, -0.05) is 5.16 Å². The number of hydrogen-bond donors (Lipinski definition) is 2. The molecule has 0 bridgehead atoms. The molecule has 0 aromatic rings. The maximum atomic E-state index is 12.1. The number of carbonyl (C=O) groups excluding carboxylic acids is 1. The second-order valence-corrected chi connectivity index (χ2v) is 4.86. The van der Waals surface area contributed by atoms with Crippen LogP contribution in [-0.4, -0.2) is 47.1 Å². The van der Waals surface area contributed by atoms with E-state index in [1.54, 1.807) is 4.90 Å². The smallest absolute Gasteiger partial charge is 0.225 e. The van der Waals surface area contributed by atoms with Crippen molar-refractivity contribution in [3.8, 4) is 0 Å². The zero-order valence-electron chi connectivity index (χ0n) is 11.1. The Hall–Kier alpha value is -1.30. The zero-order valence-corrected chi connectivity index (χ0v) is 11.1. The van der Waals surface area contributed by atoms with Crippen molar-refractivity contribution >= 4 is 11.7 Å². The molecule has 1 amide bonds. The van der Waals surface area contributed by atoms with Crippen molar-refractivity contribution < 1.29 is 14.7 Å². The minimum Gasteiger partial charge on any atom is -0.409 e. The number of nitrogens with two attached hydrogens (primary N) is 1. The van der Waals surface area contributed by atoms with Gasteiger partial charge in [0.1, 0.15) is 5.84 Å². The van der Waals surface area contributed by atoms with Gasteiger partial charge in [0.05, 0.1) is 12.5 Å². The van der Waals surface area contributed by atoms with Crippen LogP contribution >= 0.6 is 0 Å². The Labute approximate surface area is 108 Å². The van der Waals surface area contributed by atoms with Gasteiger partial charge in [-0.05, 0) is 26.7 Å². The second-order valence-electron chi connectivity index (χ2n) is 4.86. The molecule has 1 unspecified atom stereocenters. The van der Waals surface area contributed by atoms with Crippen molar-refractivity contribution in [1.29, 1.82) is 0 Å². The van der Waals surface area contributed by atoms with E-state index in [4.69, 9.17) is 15.7 Å². The molecule has 1 aliphatic heterocycles. The van der Waals surface area contributed by atoms with Crippen LogP contribution in [0, 0.1) is 0 Å². The molecule has 1 rings (SSSR count). The molecule has 1 aliphatic rings. The molecule has 0 aromatic carbocycles. The maximum absolute atomic E-state index is 12.1. The zero-order chi connectivity index (χ0) is 13.5. The lowest BCUT2D eigenvalue weighted by molar-refractivity contribution is -0.135. The summed E-state index contributed by atoms with van der Waals surface area (Å²) in [7, 11) is 0. The molecule has 0 aromatic heterocycles. The Morgan fingerprint density at radius 3 is 2.83 bits per heavy atom. The summed E-state index contributed by atoms with van der Waals surface area (Å²) in [6, 6.07) is 0.102. The van der Waals surface area contributed by atoms with Crippen molar-refractivity contribution in [3.05, 3.63) is 0 Å². The van der Waals surface area contributed by atoms with Crippen LogP contribution in [0.4, 0.5) is 0 Å². The topological polar surface area (TPSA) is 88.1 Å². The molecular formula is C12H23N3O3. The van der Waals surface area contributed by atoms with Crippen molar-refractivity contribution in [1.82, 2.24) is 4.90 Å². The van der Waals surface area contributed by atoms with Crippen LogP contribution in [0.5, 0.6) is 0 Å². The number of oxime groups is 1. The lowest BCUT2D eigenvalue weighted by Gasteiger charge is -2.27. The first-order chi connectivity index (χ1) is 8.54. The van der Waals surface area contributed by atoms with E-state index in [0.29, 0.717) is 19.4 Å². The third kappa shape index (κ3) is 4.52. The summed E-state index contributed by atoms with van der Waals surface area (Å²) < 4.78 is 5.46. The van der Waals surface area contributed by atoms with Crippen molar-refractivity contribution in [2.45, 2.75) is 51.7 Å². The first-order valence-corrected chi connectivity index (χ1v) is 6.42. The monoisotopic (exact) mass is 257 g/mol. The molecule has 1 saturated heterocycles. The summed E-state index contributed by atoms with van der Waals surface area (Å²) in [6.07, 6.45) is 2.85. The third-order valence-corrected chi connectivity index (χ3v) is 3.11. The Bertz CT molecular complexity index is 299. The summed E-state index contributed by atoms with van der Waals surface area (Å²) >= 11 is 0. The standard InChI is InChI=1S/C12H23N3O3/c1-9(2)15(6-5-11(13)14-17)12(16)8-10-4-3-7-18-10/h9-10,17H,3-8H2,1-2H3,(H2,13,14). The Balaban J connectivity index is 2.46. The average Bonchev–Trinajstić information content (AvgIpc) is 2.81. The van der Waals surface area contributed by atoms with Gasteiger partial charge in [-0.15, -0.1) is 0 Å². The van der Waals surface area contributed by atoms with Gasteiger partial charge in [0, 0.05) is 25.6 Å². The van der Waals surface area contributed by atoms with Crippen LogP contribution in [0.25, 0.3) is 0 Å². The predicted octanol–water partition coefficient (Wildman–Crippen LogP) is 0.929. The highest BCUT2D eigenvalue weighted by atomic mass is 16.5. The van der Waals surface area contributed by atoms with E-state index in [2.05, 4.69) is 5.16 Å². The van der Waals surface area contributed by atoms with Gasteiger partial charge < -0.3 is 20.6 Å². The van der Waals surface area contributed by atoms with E-state index in [1.807, 2.05) is 13.8 Å². The molecular weight excluding hydrogens is 234 g/mol. The van der Waals surface area contributed by atoms with E-state index >= 15 is 0 Å². The molecule has 6 heteroatoms. The molecule has 3 N–H and O–H groups in total. The quantitative estimate of drug-likeness (QED) is 0.321. The fraction of sp³-hybridized carbons (Fsp3) is 0.833. The largest absolute Gasteiger partial charge is 0.409 e. The molecule has 0 aliphatic carbocycles. The number of amidine groups is 1. The molecule has 6 nitrogen and oxygen atoms in total. The number of rotatable bonds is 6. The van der Waals surface area contributed by atoms with E-state index in [1.165, 1.54) is 0 Å². The number of amides is 1. The van der Waals surface area contributed by atoms with Crippen LogP contribution in [0.3, 0.4) is 0 Å². The summed E-state index contributed by atoms with van der Waals surface area (Å²) in [6.45, 7) is 5.14. The summed E-state index contributed by atoms with van der Waals surface area (Å²) in [5, 5.41) is 11.4. The maximum Gasteiger partial charge on any atom is 0.225 e. The number of nitrogens with zero attached hydrogens (tertiary/aromatic N) is 2. The highest BCUT2D eigenvalue weighted by Gasteiger charge is 2.24. The number of carbonyl (C=O) groups is 1.